The van der Waals surface area contributed by atoms with Crippen LogP contribution in [0.5, 0.6) is 5.75 Å². The number of hydrogen-bond donors (Lipinski definition) is 1. The van der Waals surface area contributed by atoms with E-state index in [4.69, 9.17) is 16.3 Å². The minimum Gasteiger partial charge on any atom is -0.495 e. The van der Waals surface area contributed by atoms with Crippen molar-refractivity contribution in [2.24, 2.45) is 5.92 Å². The Morgan fingerprint density at radius 3 is 2.24 bits per heavy atom. The lowest BCUT2D eigenvalue weighted by atomic mass is 9.86. The average molecular weight is 312 g/mol. The van der Waals surface area contributed by atoms with Crippen molar-refractivity contribution in [2.45, 2.75) is 58.9 Å². The van der Waals surface area contributed by atoms with E-state index in [0.29, 0.717) is 17.0 Å². The minimum absolute atomic E-state index is 0.383. The highest BCUT2D eigenvalue weighted by atomic mass is 35.5. The number of methoxy groups -OCH3 is 1. The average Bonchev–Trinajstić information content (AvgIpc) is 2.48. The Balaban J connectivity index is 3.01. The Hall–Kier alpha value is -0.730. The zero-order valence-electron chi connectivity index (χ0n) is 13.9. The summed E-state index contributed by atoms with van der Waals surface area (Å²) in [5, 5.41) is 4.42. The maximum absolute atomic E-state index is 6.31. The van der Waals surface area contributed by atoms with Gasteiger partial charge in [-0.2, -0.15) is 0 Å². The monoisotopic (exact) mass is 311 g/mol. The van der Waals surface area contributed by atoms with Gasteiger partial charge in [0.2, 0.25) is 0 Å². The summed E-state index contributed by atoms with van der Waals surface area (Å²) in [6.07, 6.45) is 6.08. The summed E-state index contributed by atoms with van der Waals surface area (Å²) in [4.78, 5) is 0. The molecule has 0 saturated heterocycles. The second-order valence-corrected chi connectivity index (χ2v) is 6.07. The maximum Gasteiger partial charge on any atom is 0.137 e. The summed E-state index contributed by atoms with van der Waals surface area (Å²) in [7, 11) is 1.66. The topological polar surface area (TPSA) is 21.3 Å². The third kappa shape index (κ3) is 5.52. The van der Waals surface area contributed by atoms with E-state index in [1.165, 1.54) is 31.2 Å². The quantitative estimate of drug-likeness (QED) is 0.606. The molecule has 1 aromatic carbocycles. The van der Waals surface area contributed by atoms with Gasteiger partial charge in [0.05, 0.1) is 12.1 Å². The molecule has 3 heteroatoms. The molecule has 1 N–H and O–H groups in total. The highest BCUT2D eigenvalue weighted by Crippen LogP contribution is 2.34. The van der Waals surface area contributed by atoms with Crippen molar-refractivity contribution >= 4 is 11.6 Å². The molecule has 1 unspecified atom stereocenters. The molecule has 0 spiro atoms. The van der Waals surface area contributed by atoms with Gasteiger partial charge in [0.15, 0.2) is 0 Å². The van der Waals surface area contributed by atoms with E-state index in [1.54, 1.807) is 7.11 Å². The molecule has 0 aliphatic rings. The predicted molar refractivity (Wildman–Crippen MR) is 92.3 cm³/mol. The van der Waals surface area contributed by atoms with E-state index in [2.05, 4.69) is 38.2 Å². The van der Waals surface area contributed by atoms with Gasteiger partial charge in [0.25, 0.3) is 0 Å². The molecule has 0 aliphatic heterocycles. The lowest BCUT2D eigenvalue weighted by molar-refractivity contribution is 0.316. The molecule has 0 radical (unpaired) electrons. The molecule has 0 bridgehead atoms. The van der Waals surface area contributed by atoms with Crippen LogP contribution in [0.2, 0.25) is 5.02 Å². The predicted octanol–water partition coefficient (Wildman–Crippen LogP) is 5.61. The molecule has 1 aromatic rings. The van der Waals surface area contributed by atoms with Crippen molar-refractivity contribution in [1.82, 2.24) is 5.32 Å². The Morgan fingerprint density at radius 1 is 1.10 bits per heavy atom. The van der Waals surface area contributed by atoms with E-state index < -0.39 is 0 Å². The minimum atomic E-state index is 0.383. The van der Waals surface area contributed by atoms with Crippen molar-refractivity contribution in [2.75, 3.05) is 13.7 Å². The van der Waals surface area contributed by atoms with E-state index in [1.807, 2.05) is 6.07 Å². The standard InChI is InChI=1S/C18H30ClNO/c1-5-8-14(9-6-2)18(20-12-7-3)15-10-11-17(21-4)16(19)13-15/h10-11,13-14,18,20H,5-9,12H2,1-4H3. The fraction of sp³-hybridized carbons (Fsp3) is 0.667. The van der Waals surface area contributed by atoms with Crippen LogP contribution in [-0.2, 0) is 0 Å². The number of benzene rings is 1. The Labute approximate surface area is 135 Å². The van der Waals surface area contributed by atoms with Crippen molar-refractivity contribution < 1.29 is 4.74 Å². The molecule has 1 atom stereocenters. The number of nitrogens with one attached hydrogen (secondary N) is 1. The number of hydrogen-bond acceptors (Lipinski definition) is 2. The number of rotatable bonds is 10. The van der Waals surface area contributed by atoms with E-state index in [-0.39, 0.29) is 0 Å². The van der Waals surface area contributed by atoms with Gasteiger partial charge in [-0.1, -0.05) is 51.3 Å². The van der Waals surface area contributed by atoms with Gasteiger partial charge in [-0.25, -0.2) is 0 Å². The highest BCUT2D eigenvalue weighted by molar-refractivity contribution is 6.32. The van der Waals surface area contributed by atoms with E-state index >= 15 is 0 Å². The Morgan fingerprint density at radius 2 is 1.76 bits per heavy atom. The van der Waals surface area contributed by atoms with Crippen molar-refractivity contribution in [3.63, 3.8) is 0 Å². The second-order valence-electron chi connectivity index (χ2n) is 5.66. The summed E-state index contributed by atoms with van der Waals surface area (Å²) in [6, 6.07) is 6.57. The van der Waals surface area contributed by atoms with Crippen LogP contribution < -0.4 is 10.1 Å². The third-order valence-corrected chi connectivity index (χ3v) is 4.23. The van der Waals surface area contributed by atoms with Gasteiger partial charge in [-0.3, -0.25) is 0 Å². The molecule has 0 amide bonds. The molecule has 2 nitrogen and oxygen atoms in total. The second kappa shape index (κ2) is 10.1. The first-order valence-electron chi connectivity index (χ1n) is 8.24. The van der Waals surface area contributed by atoms with Gasteiger partial charge >= 0.3 is 0 Å². The number of halogens is 1. The summed E-state index contributed by atoms with van der Waals surface area (Å²) >= 11 is 6.31. The van der Waals surface area contributed by atoms with Crippen LogP contribution in [-0.4, -0.2) is 13.7 Å². The summed E-state index contributed by atoms with van der Waals surface area (Å²) < 4.78 is 5.26. The molecule has 0 heterocycles. The van der Waals surface area contributed by atoms with Gasteiger partial charge in [0, 0.05) is 6.04 Å². The SMILES string of the molecule is CCCNC(c1ccc(OC)c(Cl)c1)C(CCC)CCC. The van der Waals surface area contributed by atoms with Crippen LogP contribution in [0.25, 0.3) is 0 Å². The van der Waals surface area contributed by atoms with Crippen molar-refractivity contribution in [1.29, 1.82) is 0 Å². The normalized spacial score (nSPS) is 12.7. The molecule has 120 valence electrons. The zero-order chi connectivity index (χ0) is 15.7. The Kier molecular flexibility index (Phi) is 8.79. The van der Waals surface area contributed by atoms with Crippen molar-refractivity contribution in [3.05, 3.63) is 28.8 Å². The summed E-state index contributed by atoms with van der Waals surface area (Å²) in [5.74, 6) is 1.41. The lowest BCUT2D eigenvalue weighted by Gasteiger charge is -2.29. The van der Waals surface area contributed by atoms with E-state index in [0.717, 1.165) is 18.7 Å². The number of ether oxygens (including phenoxy) is 1. The molecule has 0 aromatic heterocycles. The fourth-order valence-electron chi connectivity index (χ4n) is 2.95. The first-order chi connectivity index (χ1) is 10.2. The van der Waals surface area contributed by atoms with Crippen LogP contribution >= 0.6 is 11.6 Å². The summed E-state index contributed by atoms with van der Waals surface area (Å²) in [6.45, 7) is 7.78. The lowest BCUT2D eigenvalue weighted by Crippen LogP contribution is -2.29. The molecule has 0 aliphatic carbocycles. The molecule has 0 fully saturated rings. The Bertz CT molecular complexity index is 402. The van der Waals surface area contributed by atoms with Crippen LogP contribution in [0.3, 0.4) is 0 Å². The van der Waals surface area contributed by atoms with Crippen LogP contribution in [0.1, 0.15) is 64.5 Å². The zero-order valence-corrected chi connectivity index (χ0v) is 14.7. The molecular formula is C18H30ClNO. The van der Waals surface area contributed by atoms with Gasteiger partial charge in [-0.05, 0) is 49.4 Å². The van der Waals surface area contributed by atoms with Crippen LogP contribution in [0, 0.1) is 5.92 Å². The molecular weight excluding hydrogens is 282 g/mol. The van der Waals surface area contributed by atoms with Crippen LogP contribution in [0.15, 0.2) is 18.2 Å². The molecule has 1 rings (SSSR count). The summed E-state index contributed by atoms with van der Waals surface area (Å²) in [5.41, 5.74) is 1.28. The first-order valence-corrected chi connectivity index (χ1v) is 8.62. The fourth-order valence-corrected chi connectivity index (χ4v) is 3.22. The van der Waals surface area contributed by atoms with Crippen LogP contribution in [0.4, 0.5) is 0 Å². The van der Waals surface area contributed by atoms with Gasteiger partial charge in [0.1, 0.15) is 5.75 Å². The van der Waals surface area contributed by atoms with Gasteiger partial charge in [-0.15, -0.1) is 0 Å². The smallest absolute Gasteiger partial charge is 0.137 e. The third-order valence-electron chi connectivity index (χ3n) is 3.94. The molecule has 0 saturated carbocycles. The van der Waals surface area contributed by atoms with Gasteiger partial charge < -0.3 is 10.1 Å². The molecule has 21 heavy (non-hydrogen) atoms. The van der Waals surface area contributed by atoms with Crippen molar-refractivity contribution in [3.8, 4) is 5.75 Å². The first kappa shape index (κ1) is 18.3. The van der Waals surface area contributed by atoms with E-state index in [9.17, 15) is 0 Å². The highest BCUT2D eigenvalue weighted by Gasteiger charge is 2.22. The maximum atomic E-state index is 6.31. The largest absolute Gasteiger partial charge is 0.495 e.